The molecule has 5 rings (SSSR count). The summed E-state index contributed by atoms with van der Waals surface area (Å²) in [6, 6.07) is 9.36. The van der Waals surface area contributed by atoms with Crippen LogP contribution in [0.15, 0.2) is 41.5 Å². The van der Waals surface area contributed by atoms with Crippen LogP contribution < -0.4 is 15.0 Å². The second-order valence-electron chi connectivity index (χ2n) is 9.83. The molecular formula is C27H30FN5O4S. The molecule has 2 aliphatic rings. The Hall–Kier alpha value is -3.17. The molecule has 0 radical (unpaired) electrons. The zero-order chi connectivity index (χ0) is 26.7. The molecule has 2 aromatic carbocycles. The Bertz CT molecular complexity index is 1420. The van der Waals surface area contributed by atoms with Crippen LogP contribution in [0, 0.1) is 17.1 Å². The summed E-state index contributed by atoms with van der Waals surface area (Å²) in [6.07, 6.45) is 7.93. The lowest BCUT2D eigenvalue weighted by molar-refractivity contribution is -0.0248. The number of halogens is 1. The number of rotatable bonds is 8. The van der Waals surface area contributed by atoms with Crippen LogP contribution in [0.4, 0.5) is 10.1 Å². The van der Waals surface area contributed by atoms with Gasteiger partial charge in [0.1, 0.15) is 17.4 Å². The maximum absolute atomic E-state index is 14.8. The average molecular weight is 540 g/mol. The number of likely N-dealkylation sites (N-methyl/N-ethyl adjacent to an activating group) is 1. The van der Waals surface area contributed by atoms with Crippen molar-refractivity contribution >= 4 is 28.7 Å². The fraction of sp³-hybridized carbons (Fsp3) is 0.444. The van der Waals surface area contributed by atoms with Gasteiger partial charge in [-0.2, -0.15) is 5.26 Å². The van der Waals surface area contributed by atoms with Crippen LogP contribution in [-0.4, -0.2) is 51.4 Å². The highest BCUT2D eigenvalue weighted by molar-refractivity contribution is 7.98. The molecule has 3 aromatic rings. The van der Waals surface area contributed by atoms with E-state index in [0.717, 1.165) is 44.2 Å². The number of nitrogens with zero attached hydrogens (tertiary/aromatic N) is 4. The molecule has 11 heteroatoms. The van der Waals surface area contributed by atoms with Crippen molar-refractivity contribution in [3.8, 4) is 17.6 Å². The molecule has 200 valence electrons. The summed E-state index contributed by atoms with van der Waals surface area (Å²) in [4.78, 5) is 18.0. The number of hydrogen-bond donors (Lipinski definition) is 2. The number of aromatic nitrogens is 2. The molecule has 1 atom stereocenters. The van der Waals surface area contributed by atoms with E-state index in [4.69, 9.17) is 14.6 Å². The molecule has 38 heavy (non-hydrogen) atoms. The monoisotopic (exact) mass is 539 g/mol. The normalized spacial score (nSPS) is 18.7. The lowest BCUT2D eigenvalue weighted by Gasteiger charge is -2.32. The average Bonchev–Trinajstić information content (AvgIpc) is 3.32. The minimum atomic E-state index is -0.703. The number of ether oxygens (including phenoxy) is 2. The predicted molar refractivity (Wildman–Crippen MR) is 144 cm³/mol. The van der Waals surface area contributed by atoms with E-state index in [0.29, 0.717) is 29.7 Å². The molecule has 9 nitrogen and oxygen atoms in total. The molecule has 0 bridgehead atoms. The van der Waals surface area contributed by atoms with Crippen LogP contribution in [0.2, 0.25) is 0 Å². The molecule has 0 amide bonds. The molecule has 2 heterocycles. The van der Waals surface area contributed by atoms with Crippen molar-refractivity contribution in [1.82, 2.24) is 13.9 Å². The Morgan fingerprint density at radius 1 is 1.34 bits per heavy atom. The van der Waals surface area contributed by atoms with Gasteiger partial charge in [0.2, 0.25) is 0 Å². The van der Waals surface area contributed by atoms with E-state index in [2.05, 4.69) is 9.71 Å². The zero-order valence-corrected chi connectivity index (χ0v) is 22.0. The zero-order valence-electron chi connectivity index (χ0n) is 21.2. The molecule has 1 aromatic heterocycles. The summed E-state index contributed by atoms with van der Waals surface area (Å²) < 4.78 is 33.2. The van der Waals surface area contributed by atoms with Crippen molar-refractivity contribution in [3.63, 3.8) is 0 Å². The van der Waals surface area contributed by atoms with Gasteiger partial charge in [0, 0.05) is 18.7 Å². The molecular weight excluding hydrogens is 509 g/mol. The molecule has 1 unspecified atom stereocenters. The first-order chi connectivity index (χ1) is 18.4. The highest BCUT2D eigenvalue weighted by Gasteiger charge is 2.42. The van der Waals surface area contributed by atoms with Gasteiger partial charge >= 0.3 is 0 Å². The van der Waals surface area contributed by atoms with Gasteiger partial charge in [-0.1, -0.05) is 19.3 Å². The van der Waals surface area contributed by atoms with Crippen molar-refractivity contribution in [1.29, 1.82) is 5.26 Å². The van der Waals surface area contributed by atoms with Crippen LogP contribution in [0.1, 0.15) is 50.1 Å². The maximum Gasteiger partial charge on any atom is 0.261 e. The van der Waals surface area contributed by atoms with Gasteiger partial charge in [-0.25, -0.2) is 13.7 Å². The number of nitriles is 1. The quantitative estimate of drug-likeness (QED) is 0.391. The largest absolute Gasteiger partial charge is 0.453 e. The Labute approximate surface area is 224 Å². The number of aliphatic hydroxyl groups excluding tert-OH is 1. The minimum Gasteiger partial charge on any atom is -0.453 e. The van der Waals surface area contributed by atoms with Gasteiger partial charge in [-0.05, 0) is 56.6 Å². The first kappa shape index (κ1) is 26.4. The van der Waals surface area contributed by atoms with E-state index in [1.54, 1.807) is 34.4 Å². The SMILES string of the molecule is CN(CCO)SNc1ccc(F)c(Oc2ccc3ncn(C4COC5(CCCCC5)C4)c(=O)c3c2)c1C#N. The molecule has 1 saturated carbocycles. The van der Waals surface area contributed by atoms with E-state index < -0.39 is 5.82 Å². The van der Waals surface area contributed by atoms with E-state index >= 15 is 0 Å². The predicted octanol–water partition coefficient (Wildman–Crippen LogP) is 4.76. The second-order valence-corrected chi connectivity index (χ2v) is 10.8. The van der Waals surface area contributed by atoms with Crippen molar-refractivity contribution in [2.24, 2.45) is 0 Å². The summed E-state index contributed by atoms with van der Waals surface area (Å²) in [6.45, 7) is 0.854. The Kier molecular flexibility index (Phi) is 7.85. The number of hydrogen-bond acceptors (Lipinski definition) is 9. The van der Waals surface area contributed by atoms with Crippen LogP contribution in [0.5, 0.6) is 11.5 Å². The Morgan fingerprint density at radius 2 is 2.16 bits per heavy atom. The fourth-order valence-electron chi connectivity index (χ4n) is 5.27. The van der Waals surface area contributed by atoms with Crippen molar-refractivity contribution in [2.75, 3.05) is 31.5 Å². The summed E-state index contributed by atoms with van der Waals surface area (Å²) in [7, 11) is 1.77. The third-order valence-corrected chi connectivity index (χ3v) is 8.08. The molecule has 2 fully saturated rings. The first-order valence-corrected chi connectivity index (χ1v) is 13.5. The summed E-state index contributed by atoms with van der Waals surface area (Å²) in [5.74, 6) is -0.724. The minimum absolute atomic E-state index is 0.0144. The molecule has 1 saturated heterocycles. The van der Waals surface area contributed by atoms with Crippen LogP contribution in [0.25, 0.3) is 10.9 Å². The van der Waals surface area contributed by atoms with Crippen LogP contribution in [0.3, 0.4) is 0 Å². The van der Waals surface area contributed by atoms with Crippen molar-refractivity contribution in [2.45, 2.75) is 50.2 Å². The lowest BCUT2D eigenvalue weighted by Crippen LogP contribution is -2.31. The maximum atomic E-state index is 14.8. The standard InChI is InChI=1S/C27H30FN5O4S/c1-32(11-12-34)38-31-24-8-6-22(28)25(21(24)15-29)37-19-5-7-23-20(13-19)26(35)33(17-30-23)18-14-27(36-16-18)9-3-2-4-10-27/h5-8,13,17-18,31,34H,2-4,9-12,14,16H2,1H3. The highest BCUT2D eigenvalue weighted by atomic mass is 32.2. The van der Waals surface area contributed by atoms with E-state index in [1.807, 2.05) is 6.07 Å². The van der Waals surface area contributed by atoms with E-state index in [1.165, 1.54) is 24.6 Å². The number of aliphatic hydroxyl groups is 1. The molecule has 1 aliphatic heterocycles. The van der Waals surface area contributed by atoms with Gasteiger partial charge in [-0.15, -0.1) is 0 Å². The lowest BCUT2D eigenvalue weighted by atomic mass is 9.82. The summed E-state index contributed by atoms with van der Waals surface area (Å²) in [5, 5.41) is 19.2. The summed E-state index contributed by atoms with van der Waals surface area (Å²) >= 11 is 1.16. The highest BCUT2D eigenvalue weighted by Crippen LogP contribution is 2.43. The third kappa shape index (κ3) is 5.35. The van der Waals surface area contributed by atoms with Gasteiger partial charge in [0.25, 0.3) is 5.56 Å². The van der Waals surface area contributed by atoms with Gasteiger partial charge in [0.05, 0.1) is 47.8 Å². The molecule has 1 spiro atoms. The van der Waals surface area contributed by atoms with Crippen molar-refractivity contribution in [3.05, 3.63) is 58.4 Å². The van der Waals surface area contributed by atoms with E-state index in [-0.39, 0.29) is 40.9 Å². The summed E-state index contributed by atoms with van der Waals surface area (Å²) in [5.41, 5.74) is 0.504. The van der Waals surface area contributed by atoms with Gasteiger partial charge in [-0.3, -0.25) is 9.36 Å². The Morgan fingerprint density at radius 3 is 2.92 bits per heavy atom. The van der Waals surface area contributed by atoms with Crippen LogP contribution >= 0.6 is 12.1 Å². The molecule has 2 N–H and O–H groups in total. The van der Waals surface area contributed by atoms with Crippen LogP contribution in [-0.2, 0) is 4.74 Å². The third-order valence-electron chi connectivity index (χ3n) is 7.27. The Balaban J connectivity index is 1.42. The van der Waals surface area contributed by atoms with Gasteiger partial charge in [0.15, 0.2) is 11.6 Å². The topological polar surface area (TPSA) is 113 Å². The number of anilines is 1. The van der Waals surface area contributed by atoms with Crippen molar-refractivity contribution < 1.29 is 19.0 Å². The number of benzene rings is 2. The molecule has 1 aliphatic carbocycles. The number of fused-ring (bicyclic) bond motifs is 1. The van der Waals surface area contributed by atoms with Gasteiger partial charge < -0.3 is 19.3 Å². The first-order valence-electron chi connectivity index (χ1n) is 12.7. The fourth-order valence-corrected chi connectivity index (χ4v) is 5.86. The second kappa shape index (κ2) is 11.3. The number of nitrogens with one attached hydrogen (secondary N) is 1. The smallest absolute Gasteiger partial charge is 0.261 e. The van der Waals surface area contributed by atoms with E-state index in [9.17, 15) is 14.4 Å².